The molecule has 0 amide bonds. The minimum absolute atomic E-state index is 0.0972. The Kier molecular flexibility index (Phi) is 3.44. The summed E-state index contributed by atoms with van der Waals surface area (Å²) in [7, 11) is 0. The first-order valence-corrected chi connectivity index (χ1v) is 4.54. The van der Waals surface area contributed by atoms with E-state index in [4.69, 9.17) is 0 Å². The molecule has 1 rings (SSSR count). The Labute approximate surface area is 91.5 Å². The highest BCUT2D eigenvalue weighted by Gasteiger charge is 2.28. The average molecular weight is 222 g/mol. The van der Waals surface area contributed by atoms with Crippen LogP contribution < -0.4 is 0 Å². The van der Waals surface area contributed by atoms with Gasteiger partial charge in [-0.05, 0) is 19.9 Å². The molecule has 0 radical (unpaired) electrons. The monoisotopic (exact) mass is 222 g/mol. The van der Waals surface area contributed by atoms with Crippen molar-refractivity contribution >= 4 is 17.3 Å². The molecular weight excluding hydrogens is 212 g/mol. The van der Waals surface area contributed by atoms with E-state index in [1.54, 1.807) is 0 Å². The number of hydrogen-bond donors (Lipinski definition) is 0. The van der Waals surface area contributed by atoms with Crippen LogP contribution in [0.4, 0.5) is 5.69 Å². The van der Waals surface area contributed by atoms with Gasteiger partial charge in [0.05, 0.1) is 10.5 Å². The summed E-state index contributed by atoms with van der Waals surface area (Å²) in [6.07, 6.45) is 2.36. The fourth-order valence-corrected chi connectivity index (χ4v) is 1.52. The molecule has 0 N–H and O–H groups in total. The van der Waals surface area contributed by atoms with Gasteiger partial charge in [-0.2, -0.15) is 0 Å². The maximum Gasteiger partial charge on any atom is 0.291 e. The summed E-state index contributed by atoms with van der Waals surface area (Å²) >= 11 is 0. The third kappa shape index (κ3) is 2.28. The van der Waals surface area contributed by atoms with Gasteiger partial charge in [-0.3, -0.25) is 24.7 Å². The average Bonchev–Trinajstić information content (AvgIpc) is 2.17. The van der Waals surface area contributed by atoms with E-state index in [2.05, 4.69) is 4.98 Å². The van der Waals surface area contributed by atoms with Crippen molar-refractivity contribution in [3.63, 3.8) is 0 Å². The molecule has 0 saturated carbocycles. The van der Waals surface area contributed by atoms with Gasteiger partial charge in [0.1, 0.15) is 23.7 Å². The molecule has 0 spiro atoms. The highest BCUT2D eigenvalue weighted by molar-refractivity contribution is 6.06. The highest BCUT2D eigenvalue weighted by atomic mass is 16.6. The van der Waals surface area contributed by atoms with Crippen LogP contribution in [-0.2, 0) is 9.59 Å². The second-order valence-corrected chi connectivity index (χ2v) is 3.35. The lowest BCUT2D eigenvalue weighted by atomic mass is 9.91. The Morgan fingerprint density at radius 3 is 2.38 bits per heavy atom. The summed E-state index contributed by atoms with van der Waals surface area (Å²) < 4.78 is 0. The van der Waals surface area contributed by atoms with E-state index in [9.17, 15) is 19.7 Å². The Morgan fingerprint density at radius 1 is 1.38 bits per heavy atom. The van der Waals surface area contributed by atoms with Crippen molar-refractivity contribution in [1.82, 2.24) is 4.98 Å². The van der Waals surface area contributed by atoms with E-state index in [1.807, 2.05) is 0 Å². The molecule has 0 aliphatic carbocycles. The number of pyridine rings is 1. The third-order valence-electron chi connectivity index (χ3n) is 2.15. The fraction of sp³-hybridized carbons (Fsp3) is 0.300. The molecule has 1 aromatic rings. The van der Waals surface area contributed by atoms with Crippen molar-refractivity contribution in [2.45, 2.75) is 19.8 Å². The third-order valence-corrected chi connectivity index (χ3v) is 2.15. The summed E-state index contributed by atoms with van der Waals surface area (Å²) in [5.41, 5.74) is -0.210. The zero-order chi connectivity index (χ0) is 12.3. The Balaban J connectivity index is 3.35. The first-order chi connectivity index (χ1) is 7.45. The Bertz CT molecular complexity index is 442. The maximum absolute atomic E-state index is 11.3. The second-order valence-electron chi connectivity index (χ2n) is 3.35. The molecular formula is C10H10N2O4. The molecule has 0 aliphatic rings. The molecule has 1 heterocycles. The number of nitro groups is 1. The number of Topliss-reactive ketones (excluding diaryl/α,β-unsaturated/α-hetero) is 2. The van der Waals surface area contributed by atoms with Gasteiger partial charge in [0.2, 0.25) is 0 Å². The molecule has 0 aromatic carbocycles. The molecule has 16 heavy (non-hydrogen) atoms. The maximum atomic E-state index is 11.3. The van der Waals surface area contributed by atoms with E-state index in [0.717, 1.165) is 6.20 Å². The number of carbonyl (C=O) groups is 2. The van der Waals surface area contributed by atoms with Crippen LogP contribution in [-0.4, -0.2) is 21.5 Å². The van der Waals surface area contributed by atoms with Crippen LogP contribution in [0.15, 0.2) is 18.5 Å². The number of rotatable bonds is 4. The predicted octanol–water partition coefficient (Wildman–Crippen LogP) is 1.25. The van der Waals surface area contributed by atoms with Crippen LogP contribution in [0, 0.1) is 10.1 Å². The second kappa shape index (κ2) is 4.61. The number of hydrogen-bond acceptors (Lipinski definition) is 5. The zero-order valence-electron chi connectivity index (χ0n) is 8.84. The predicted molar refractivity (Wildman–Crippen MR) is 55.0 cm³/mol. The van der Waals surface area contributed by atoms with Crippen LogP contribution in [0.25, 0.3) is 0 Å². The van der Waals surface area contributed by atoms with Gasteiger partial charge in [-0.15, -0.1) is 0 Å². The normalized spacial score (nSPS) is 10.2. The van der Waals surface area contributed by atoms with E-state index in [0.29, 0.717) is 0 Å². The van der Waals surface area contributed by atoms with Gasteiger partial charge in [0.15, 0.2) is 0 Å². The molecule has 0 bridgehead atoms. The summed E-state index contributed by atoms with van der Waals surface area (Å²) in [6, 6.07) is 1.32. The summed E-state index contributed by atoms with van der Waals surface area (Å²) in [6.45, 7) is 2.46. The number of nitrogens with zero attached hydrogens (tertiary/aromatic N) is 2. The van der Waals surface area contributed by atoms with Crippen LogP contribution in [0.1, 0.15) is 25.3 Å². The first-order valence-electron chi connectivity index (χ1n) is 4.54. The van der Waals surface area contributed by atoms with Crippen LogP contribution in [0.2, 0.25) is 0 Å². The number of ketones is 2. The largest absolute Gasteiger partial charge is 0.299 e. The van der Waals surface area contributed by atoms with E-state index < -0.39 is 22.4 Å². The van der Waals surface area contributed by atoms with Gasteiger partial charge in [0.25, 0.3) is 5.69 Å². The van der Waals surface area contributed by atoms with Crippen molar-refractivity contribution in [2.75, 3.05) is 0 Å². The molecule has 0 aliphatic heterocycles. The zero-order valence-corrected chi connectivity index (χ0v) is 8.84. The molecule has 0 unspecified atom stereocenters. The van der Waals surface area contributed by atoms with Gasteiger partial charge in [-0.25, -0.2) is 0 Å². The molecule has 1 aromatic heterocycles. The quantitative estimate of drug-likeness (QED) is 0.434. The summed E-state index contributed by atoms with van der Waals surface area (Å²) in [5, 5.41) is 10.7. The van der Waals surface area contributed by atoms with Crippen molar-refractivity contribution in [3.8, 4) is 0 Å². The number of aromatic nitrogens is 1. The topological polar surface area (TPSA) is 90.2 Å². The lowest BCUT2D eigenvalue weighted by Crippen LogP contribution is -2.18. The van der Waals surface area contributed by atoms with Crippen molar-refractivity contribution in [2.24, 2.45) is 0 Å². The summed E-state index contributed by atoms with van der Waals surface area (Å²) in [5.74, 6) is -1.91. The van der Waals surface area contributed by atoms with Crippen molar-refractivity contribution in [3.05, 3.63) is 34.1 Å². The number of carbonyl (C=O) groups excluding carboxylic acids is 2. The lowest BCUT2D eigenvalue weighted by Gasteiger charge is -2.09. The van der Waals surface area contributed by atoms with Crippen molar-refractivity contribution in [1.29, 1.82) is 0 Å². The molecule has 84 valence electrons. The lowest BCUT2D eigenvalue weighted by molar-refractivity contribution is -0.385. The molecule has 6 nitrogen and oxygen atoms in total. The molecule has 0 saturated heterocycles. The molecule has 0 fully saturated rings. The SMILES string of the molecule is CC(=O)C(C(C)=O)c1ccncc1[N+](=O)[O-]. The Hall–Kier alpha value is -2.11. The van der Waals surface area contributed by atoms with Crippen molar-refractivity contribution < 1.29 is 14.5 Å². The van der Waals surface area contributed by atoms with Crippen LogP contribution >= 0.6 is 0 Å². The molecule has 0 atom stereocenters. The van der Waals surface area contributed by atoms with Gasteiger partial charge >= 0.3 is 0 Å². The Morgan fingerprint density at radius 2 is 1.94 bits per heavy atom. The fourth-order valence-electron chi connectivity index (χ4n) is 1.52. The smallest absolute Gasteiger partial charge is 0.291 e. The summed E-state index contributed by atoms with van der Waals surface area (Å²) in [4.78, 5) is 36.3. The molecule has 6 heteroatoms. The van der Waals surface area contributed by atoms with Crippen LogP contribution in [0.3, 0.4) is 0 Å². The standard InChI is InChI=1S/C10H10N2O4/c1-6(13)10(7(2)14)8-3-4-11-5-9(8)12(15)16/h3-5,10H,1-2H3. The van der Waals surface area contributed by atoms with E-state index in [-0.39, 0.29) is 11.3 Å². The minimum atomic E-state index is -1.08. The first kappa shape index (κ1) is 12.0. The minimum Gasteiger partial charge on any atom is -0.299 e. The van der Waals surface area contributed by atoms with Gasteiger partial charge in [-0.1, -0.05) is 0 Å². The van der Waals surface area contributed by atoms with Crippen LogP contribution in [0.5, 0.6) is 0 Å². The van der Waals surface area contributed by atoms with Gasteiger partial charge < -0.3 is 0 Å². The van der Waals surface area contributed by atoms with Gasteiger partial charge in [0, 0.05) is 6.20 Å². The highest BCUT2D eigenvalue weighted by Crippen LogP contribution is 2.26. The van der Waals surface area contributed by atoms with E-state index in [1.165, 1.54) is 26.1 Å². The van der Waals surface area contributed by atoms with E-state index >= 15 is 0 Å².